The van der Waals surface area contributed by atoms with E-state index in [0.29, 0.717) is 22.1 Å². The molecule has 1 aromatic heterocycles. The van der Waals surface area contributed by atoms with Gasteiger partial charge in [-0.3, -0.25) is 4.68 Å². The molecule has 0 spiro atoms. The van der Waals surface area contributed by atoms with Crippen molar-refractivity contribution in [1.82, 2.24) is 9.78 Å². The van der Waals surface area contributed by atoms with E-state index in [-0.39, 0.29) is 11.0 Å². The molecule has 0 unspecified atom stereocenters. The molecule has 2 rings (SSSR count). The highest BCUT2D eigenvalue weighted by molar-refractivity contribution is 7.80. The molecule has 0 amide bonds. The number of ether oxygens (including phenoxy) is 1. The van der Waals surface area contributed by atoms with Crippen molar-refractivity contribution >= 4 is 28.8 Å². The van der Waals surface area contributed by atoms with E-state index in [9.17, 15) is 0 Å². The van der Waals surface area contributed by atoms with E-state index in [0.717, 1.165) is 0 Å². The van der Waals surface area contributed by atoms with Gasteiger partial charge >= 0.3 is 0 Å². The summed E-state index contributed by atoms with van der Waals surface area (Å²) >= 11 is 10.9. The maximum Gasteiger partial charge on any atom is 0.165 e. The molecule has 1 heterocycles. The highest BCUT2D eigenvalue weighted by Gasteiger charge is 2.10. The van der Waals surface area contributed by atoms with Crippen molar-refractivity contribution in [1.29, 1.82) is 0 Å². The lowest BCUT2D eigenvalue weighted by molar-refractivity contribution is 0.476. The van der Waals surface area contributed by atoms with Crippen LogP contribution in [-0.2, 0) is 0 Å². The molecule has 0 saturated carbocycles. The van der Waals surface area contributed by atoms with Gasteiger partial charge in [0.15, 0.2) is 5.75 Å². The smallest absolute Gasteiger partial charge is 0.165 e. The van der Waals surface area contributed by atoms with E-state index in [1.54, 1.807) is 29.1 Å². The number of hydrogen-bond acceptors (Lipinski definition) is 3. The number of rotatable bonds is 4. The molecular formula is C13H14ClN3OS. The molecule has 1 aromatic carbocycles. The summed E-state index contributed by atoms with van der Waals surface area (Å²) in [4.78, 5) is 0.267. The Morgan fingerprint density at radius 1 is 1.47 bits per heavy atom. The monoisotopic (exact) mass is 295 g/mol. The molecular weight excluding hydrogens is 282 g/mol. The largest absolute Gasteiger partial charge is 0.453 e. The molecule has 0 aliphatic carbocycles. The number of aromatic nitrogens is 2. The fourth-order valence-electron chi connectivity index (χ4n) is 1.57. The van der Waals surface area contributed by atoms with Crippen LogP contribution in [0.3, 0.4) is 0 Å². The van der Waals surface area contributed by atoms with Crippen LogP contribution >= 0.6 is 23.8 Å². The van der Waals surface area contributed by atoms with Gasteiger partial charge in [-0.2, -0.15) is 5.10 Å². The first kappa shape index (κ1) is 13.8. The average Bonchev–Trinajstić information content (AvgIpc) is 2.77. The van der Waals surface area contributed by atoms with E-state index in [4.69, 9.17) is 34.3 Å². The topological polar surface area (TPSA) is 53.1 Å². The highest BCUT2D eigenvalue weighted by atomic mass is 35.5. The third-order valence-corrected chi connectivity index (χ3v) is 3.00. The number of thiocarbonyl (C=S) groups is 1. The summed E-state index contributed by atoms with van der Waals surface area (Å²) in [5.41, 5.74) is 6.31. The summed E-state index contributed by atoms with van der Waals surface area (Å²) in [7, 11) is 0. The predicted molar refractivity (Wildman–Crippen MR) is 80.0 cm³/mol. The van der Waals surface area contributed by atoms with Crippen molar-refractivity contribution < 1.29 is 4.74 Å². The Kier molecular flexibility index (Phi) is 4.07. The van der Waals surface area contributed by atoms with Crippen molar-refractivity contribution in [3.63, 3.8) is 0 Å². The Morgan fingerprint density at radius 2 is 2.21 bits per heavy atom. The van der Waals surface area contributed by atoms with E-state index in [1.807, 2.05) is 20.0 Å². The molecule has 0 bridgehead atoms. The summed E-state index contributed by atoms with van der Waals surface area (Å²) in [6.07, 6.45) is 3.46. The second-order valence-electron chi connectivity index (χ2n) is 4.36. The lowest BCUT2D eigenvalue weighted by Gasteiger charge is -2.09. The van der Waals surface area contributed by atoms with Crippen LogP contribution in [0.25, 0.3) is 0 Å². The van der Waals surface area contributed by atoms with Gasteiger partial charge in [0, 0.05) is 17.1 Å². The van der Waals surface area contributed by atoms with Gasteiger partial charge < -0.3 is 10.5 Å². The Hall–Kier alpha value is -1.59. The van der Waals surface area contributed by atoms with E-state index >= 15 is 0 Å². The minimum absolute atomic E-state index is 0.267. The second kappa shape index (κ2) is 5.59. The van der Waals surface area contributed by atoms with Crippen LogP contribution in [-0.4, -0.2) is 14.8 Å². The quantitative estimate of drug-likeness (QED) is 0.877. The van der Waals surface area contributed by atoms with Gasteiger partial charge in [0.2, 0.25) is 0 Å². The van der Waals surface area contributed by atoms with Crippen LogP contribution in [0.1, 0.15) is 25.5 Å². The SMILES string of the molecule is CC(C)n1cc(Oc2cc(Cl)ccc2C(N)=S)cn1. The molecule has 2 aromatic rings. The fourth-order valence-corrected chi connectivity index (χ4v) is 1.90. The molecule has 0 saturated heterocycles. The summed E-state index contributed by atoms with van der Waals surface area (Å²) in [5.74, 6) is 1.15. The van der Waals surface area contributed by atoms with E-state index in [1.165, 1.54) is 0 Å². The third kappa shape index (κ3) is 3.24. The molecule has 0 fully saturated rings. The Balaban J connectivity index is 2.31. The van der Waals surface area contributed by atoms with Crippen molar-refractivity contribution in [3.8, 4) is 11.5 Å². The molecule has 0 aliphatic heterocycles. The third-order valence-electron chi connectivity index (χ3n) is 2.54. The van der Waals surface area contributed by atoms with Gasteiger partial charge in [0.25, 0.3) is 0 Å². The number of halogens is 1. The van der Waals surface area contributed by atoms with E-state index in [2.05, 4.69) is 5.10 Å². The van der Waals surface area contributed by atoms with Crippen LogP contribution in [0.2, 0.25) is 5.02 Å². The van der Waals surface area contributed by atoms with E-state index < -0.39 is 0 Å². The lowest BCUT2D eigenvalue weighted by atomic mass is 10.2. The fraction of sp³-hybridized carbons (Fsp3) is 0.231. The molecule has 19 heavy (non-hydrogen) atoms. The van der Waals surface area contributed by atoms with Crippen molar-refractivity contribution in [2.24, 2.45) is 5.73 Å². The lowest BCUT2D eigenvalue weighted by Crippen LogP contribution is -2.10. The molecule has 0 aliphatic rings. The first-order valence-corrected chi connectivity index (χ1v) is 6.57. The predicted octanol–water partition coefficient (Wildman–Crippen LogP) is 3.54. The van der Waals surface area contributed by atoms with Crippen LogP contribution in [0.4, 0.5) is 0 Å². The first-order valence-electron chi connectivity index (χ1n) is 5.78. The second-order valence-corrected chi connectivity index (χ2v) is 5.23. The van der Waals surface area contributed by atoms with Gasteiger partial charge in [0.1, 0.15) is 10.7 Å². The summed E-state index contributed by atoms with van der Waals surface area (Å²) in [6, 6.07) is 5.42. The standard InChI is InChI=1S/C13H14ClN3OS/c1-8(2)17-7-10(6-16-17)18-12-5-9(14)3-4-11(12)13(15)19/h3-8H,1-2H3,(H2,15,19). The van der Waals surface area contributed by atoms with Gasteiger partial charge in [-0.25, -0.2) is 0 Å². The van der Waals surface area contributed by atoms with Crippen LogP contribution in [0, 0.1) is 0 Å². The van der Waals surface area contributed by atoms with Gasteiger partial charge in [0.05, 0.1) is 18.0 Å². The number of nitrogens with zero attached hydrogens (tertiary/aromatic N) is 2. The molecule has 2 N–H and O–H groups in total. The zero-order chi connectivity index (χ0) is 14.0. The number of hydrogen-bond donors (Lipinski definition) is 1. The Bertz CT molecular complexity index is 610. The summed E-state index contributed by atoms with van der Waals surface area (Å²) in [5, 5.41) is 4.76. The first-order chi connectivity index (χ1) is 8.97. The van der Waals surface area contributed by atoms with Gasteiger partial charge in [-0.1, -0.05) is 23.8 Å². The normalized spacial score (nSPS) is 10.7. The molecule has 0 radical (unpaired) electrons. The van der Waals surface area contributed by atoms with Gasteiger partial charge in [-0.15, -0.1) is 0 Å². The zero-order valence-corrected chi connectivity index (χ0v) is 12.2. The van der Waals surface area contributed by atoms with Crippen LogP contribution in [0.5, 0.6) is 11.5 Å². The minimum atomic E-state index is 0.267. The van der Waals surface area contributed by atoms with Crippen molar-refractivity contribution in [2.75, 3.05) is 0 Å². The minimum Gasteiger partial charge on any atom is -0.453 e. The summed E-state index contributed by atoms with van der Waals surface area (Å²) < 4.78 is 7.55. The molecule has 6 heteroatoms. The van der Waals surface area contributed by atoms with Crippen molar-refractivity contribution in [2.45, 2.75) is 19.9 Å². The Morgan fingerprint density at radius 3 is 2.79 bits per heavy atom. The number of nitrogens with two attached hydrogens (primary N) is 1. The van der Waals surface area contributed by atoms with Crippen LogP contribution in [0.15, 0.2) is 30.6 Å². The molecule has 100 valence electrons. The Labute approximate surface area is 122 Å². The number of benzene rings is 1. The maximum atomic E-state index is 5.96. The highest BCUT2D eigenvalue weighted by Crippen LogP contribution is 2.28. The van der Waals surface area contributed by atoms with Crippen LogP contribution < -0.4 is 10.5 Å². The zero-order valence-electron chi connectivity index (χ0n) is 10.6. The molecule has 0 atom stereocenters. The average molecular weight is 296 g/mol. The van der Waals surface area contributed by atoms with Crippen molar-refractivity contribution in [3.05, 3.63) is 41.2 Å². The van der Waals surface area contributed by atoms with Gasteiger partial charge in [-0.05, 0) is 26.0 Å². The maximum absolute atomic E-state index is 5.96. The summed E-state index contributed by atoms with van der Waals surface area (Å²) in [6.45, 7) is 4.08. The molecule has 4 nitrogen and oxygen atoms in total.